The number of ether oxygens (including phenoxy) is 1. The van der Waals surface area contributed by atoms with Crippen molar-refractivity contribution in [1.82, 2.24) is 5.32 Å². The van der Waals surface area contributed by atoms with Gasteiger partial charge in [-0.05, 0) is 30.9 Å². The molecule has 1 saturated carbocycles. The lowest BCUT2D eigenvalue weighted by atomic mass is 10.0. The van der Waals surface area contributed by atoms with Gasteiger partial charge in [-0.1, -0.05) is 6.07 Å². The van der Waals surface area contributed by atoms with Crippen LogP contribution in [0.4, 0.5) is 5.69 Å². The third-order valence-corrected chi connectivity index (χ3v) is 3.29. The summed E-state index contributed by atoms with van der Waals surface area (Å²) in [6, 6.07) is 5.89. The highest BCUT2D eigenvalue weighted by Crippen LogP contribution is 2.27. The minimum absolute atomic E-state index is 0.0171. The lowest BCUT2D eigenvalue weighted by molar-refractivity contribution is -0.123. The first kappa shape index (κ1) is 12.0. The van der Waals surface area contributed by atoms with E-state index in [1.54, 1.807) is 6.07 Å². The molecular weight excluding hydrogens is 244 g/mol. The number of nitrogens with one attached hydrogen (secondary N) is 2. The van der Waals surface area contributed by atoms with E-state index in [0.29, 0.717) is 18.2 Å². The van der Waals surface area contributed by atoms with Gasteiger partial charge in [0.1, 0.15) is 5.75 Å². The van der Waals surface area contributed by atoms with Crippen LogP contribution in [0.15, 0.2) is 18.2 Å². The maximum Gasteiger partial charge on any atom is 0.258 e. The lowest BCUT2D eigenvalue weighted by Gasteiger charge is -2.17. The number of carbonyl (C=O) groups is 2. The number of amides is 2. The smallest absolute Gasteiger partial charge is 0.258 e. The minimum atomic E-state index is -0.0933. The number of carbonyl (C=O) groups excluding carboxylic acids is 2. The third kappa shape index (κ3) is 3.05. The Morgan fingerprint density at radius 2 is 2.21 bits per heavy atom. The zero-order valence-electron chi connectivity index (χ0n) is 10.6. The van der Waals surface area contributed by atoms with E-state index in [2.05, 4.69) is 10.6 Å². The standard InChI is InChI=1S/C14H16N2O3/c17-13-6-2-9-1-5-11(7-12(9)16-13)19-8-14(18)15-10-3-4-10/h1,5,7,10H,2-4,6,8H2,(H,15,18)(H,16,17). The second-order valence-electron chi connectivity index (χ2n) is 5.00. The first-order valence-electron chi connectivity index (χ1n) is 6.55. The predicted octanol–water partition coefficient (Wildman–Crippen LogP) is 1.23. The SMILES string of the molecule is O=C1CCc2ccc(OCC(=O)NC3CC3)cc2N1. The summed E-state index contributed by atoms with van der Waals surface area (Å²) in [5.74, 6) is 0.535. The summed E-state index contributed by atoms with van der Waals surface area (Å²) in [6.07, 6.45) is 3.41. The monoisotopic (exact) mass is 260 g/mol. The Kier molecular flexibility index (Phi) is 3.11. The highest BCUT2D eigenvalue weighted by molar-refractivity contribution is 5.94. The van der Waals surface area contributed by atoms with Crippen molar-refractivity contribution in [3.05, 3.63) is 23.8 Å². The van der Waals surface area contributed by atoms with E-state index in [1.807, 2.05) is 12.1 Å². The Labute approximate surface area is 111 Å². The lowest BCUT2D eigenvalue weighted by Crippen LogP contribution is -2.30. The first-order valence-corrected chi connectivity index (χ1v) is 6.55. The van der Waals surface area contributed by atoms with E-state index in [-0.39, 0.29) is 18.4 Å². The molecule has 0 radical (unpaired) electrons. The van der Waals surface area contributed by atoms with E-state index in [4.69, 9.17) is 4.74 Å². The van der Waals surface area contributed by atoms with Gasteiger partial charge in [0.2, 0.25) is 5.91 Å². The molecule has 5 heteroatoms. The van der Waals surface area contributed by atoms with Crippen molar-refractivity contribution in [2.24, 2.45) is 0 Å². The van der Waals surface area contributed by atoms with Crippen molar-refractivity contribution in [3.63, 3.8) is 0 Å². The van der Waals surface area contributed by atoms with E-state index in [0.717, 1.165) is 30.5 Å². The quantitative estimate of drug-likeness (QED) is 0.855. The molecule has 0 saturated heterocycles. The van der Waals surface area contributed by atoms with Crippen LogP contribution in [0.5, 0.6) is 5.75 Å². The van der Waals surface area contributed by atoms with Gasteiger partial charge in [0, 0.05) is 24.2 Å². The van der Waals surface area contributed by atoms with Crippen molar-refractivity contribution in [3.8, 4) is 5.75 Å². The average Bonchev–Trinajstić information content (AvgIpc) is 3.19. The van der Waals surface area contributed by atoms with Crippen molar-refractivity contribution >= 4 is 17.5 Å². The van der Waals surface area contributed by atoms with Gasteiger partial charge in [-0.25, -0.2) is 0 Å². The van der Waals surface area contributed by atoms with Crippen molar-refractivity contribution in [2.45, 2.75) is 31.7 Å². The van der Waals surface area contributed by atoms with Crippen LogP contribution in [0.1, 0.15) is 24.8 Å². The van der Waals surface area contributed by atoms with E-state index in [9.17, 15) is 9.59 Å². The predicted molar refractivity (Wildman–Crippen MR) is 70.1 cm³/mol. The molecule has 2 aliphatic rings. The summed E-state index contributed by atoms with van der Waals surface area (Å²) in [5, 5.41) is 5.67. The van der Waals surface area contributed by atoms with Gasteiger partial charge in [0.25, 0.3) is 5.91 Å². The molecule has 5 nitrogen and oxygen atoms in total. The summed E-state index contributed by atoms with van der Waals surface area (Å²) >= 11 is 0. The number of fused-ring (bicyclic) bond motifs is 1. The third-order valence-electron chi connectivity index (χ3n) is 3.29. The Morgan fingerprint density at radius 3 is 3.00 bits per heavy atom. The number of anilines is 1. The zero-order chi connectivity index (χ0) is 13.2. The zero-order valence-corrected chi connectivity index (χ0v) is 10.6. The topological polar surface area (TPSA) is 67.4 Å². The van der Waals surface area contributed by atoms with Gasteiger partial charge < -0.3 is 15.4 Å². The number of aryl methyl sites for hydroxylation is 1. The normalized spacial score (nSPS) is 17.4. The van der Waals surface area contributed by atoms with Crippen molar-refractivity contribution < 1.29 is 14.3 Å². The molecule has 1 heterocycles. The fourth-order valence-corrected chi connectivity index (χ4v) is 2.09. The van der Waals surface area contributed by atoms with Crippen LogP contribution >= 0.6 is 0 Å². The van der Waals surface area contributed by atoms with Crippen LogP contribution < -0.4 is 15.4 Å². The molecule has 0 unspecified atom stereocenters. The molecule has 0 atom stereocenters. The maximum absolute atomic E-state index is 11.5. The summed E-state index contributed by atoms with van der Waals surface area (Å²) in [6.45, 7) is 0.0171. The van der Waals surface area contributed by atoms with Crippen LogP contribution in [0, 0.1) is 0 Å². The molecule has 0 spiro atoms. The Hall–Kier alpha value is -2.04. The molecule has 1 aliphatic carbocycles. The van der Waals surface area contributed by atoms with Crippen molar-refractivity contribution in [1.29, 1.82) is 0 Å². The van der Waals surface area contributed by atoms with Crippen LogP contribution in [0.25, 0.3) is 0 Å². The summed E-state index contributed by atoms with van der Waals surface area (Å²) in [5.41, 5.74) is 1.89. The fourth-order valence-electron chi connectivity index (χ4n) is 2.09. The number of hydrogen-bond acceptors (Lipinski definition) is 3. The Bertz CT molecular complexity index is 523. The fraction of sp³-hybridized carbons (Fsp3) is 0.429. The molecule has 1 aromatic carbocycles. The van der Waals surface area contributed by atoms with Gasteiger partial charge in [-0.2, -0.15) is 0 Å². The largest absolute Gasteiger partial charge is 0.484 e. The van der Waals surface area contributed by atoms with Gasteiger partial charge >= 0.3 is 0 Å². The molecule has 2 amide bonds. The number of hydrogen-bond donors (Lipinski definition) is 2. The van der Waals surface area contributed by atoms with E-state index >= 15 is 0 Å². The summed E-state index contributed by atoms with van der Waals surface area (Å²) in [7, 11) is 0. The molecule has 0 bridgehead atoms. The maximum atomic E-state index is 11.5. The Morgan fingerprint density at radius 1 is 1.37 bits per heavy atom. The van der Waals surface area contributed by atoms with Gasteiger partial charge in [-0.15, -0.1) is 0 Å². The van der Waals surface area contributed by atoms with Gasteiger partial charge in [0.15, 0.2) is 6.61 Å². The van der Waals surface area contributed by atoms with Crippen molar-refractivity contribution in [2.75, 3.05) is 11.9 Å². The molecule has 3 rings (SSSR count). The van der Waals surface area contributed by atoms with Crippen LogP contribution in [-0.4, -0.2) is 24.5 Å². The van der Waals surface area contributed by atoms with E-state index in [1.165, 1.54) is 0 Å². The van der Waals surface area contributed by atoms with Crippen LogP contribution in [-0.2, 0) is 16.0 Å². The molecule has 0 aromatic heterocycles. The van der Waals surface area contributed by atoms with Crippen LogP contribution in [0.2, 0.25) is 0 Å². The van der Waals surface area contributed by atoms with Gasteiger partial charge in [0.05, 0.1) is 0 Å². The second kappa shape index (κ2) is 4.91. The highest BCUT2D eigenvalue weighted by atomic mass is 16.5. The van der Waals surface area contributed by atoms with Crippen LogP contribution in [0.3, 0.4) is 0 Å². The molecule has 19 heavy (non-hydrogen) atoms. The van der Waals surface area contributed by atoms with E-state index < -0.39 is 0 Å². The molecule has 2 N–H and O–H groups in total. The summed E-state index contributed by atoms with van der Waals surface area (Å²) in [4.78, 5) is 22.8. The summed E-state index contributed by atoms with van der Waals surface area (Å²) < 4.78 is 5.43. The molecule has 1 aliphatic heterocycles. The molecule has 100 valence electrons. The van der Waals surface area contributed by atoms with Gasteiger partial charge in [-0.3, -0.25) is 9.59 Å². The number of benzene rings is 1. The number of rotatable bonds is 4. The average molecular weight is 260 g/mol. The molecule has 1 fully saturated rings. The minimum Gasteiger partial charge on any atom is -0.484 e. The first-order chi connectivity index (χ1) is 9.20. The molecular formula is C14H16N2O3. The highest BCUT2D eigenvalue weighted by Gasteiger charge is 2.23. The molecule has 1 aromatic rings. The second-order valence-corrected chi connectivity index (χ2v) is 5.00. The Balaban J connectivity index is 1.60.